The summed E-state index contributed by atoms with van der Waals surface area (Å²) in [5.74, 6) is -2.17. The molecule has 5 unspecified atom stereocenters. The van der Waals surface area contributed by atoms with Gasteiger partial charge < -0.3 is 32.5 Å². The van der Waals surface area contributed by atoms with Crippen LogP contribution in [-0.2, 0) is 25.6 Å². The largest absolute Gasteiger partial charge is 0.480 e. The van der Waals surface area contributed by atoms with Crippen LogP contribution in [0.1, 0.15) is 51.5 Å². The van der Waals surface area contributed by atoms with E-state index in [-0.39, 0.29) is 18.8 Å². The predicted molar refractivity (Wildman–Crippen MR) is 147 cm³/mol. The fourth-order valence-corrected chi connectivity index (χ4v) is 4.11. The number of hydrogen-bond donors (Lipinski definition) is 6. The van der Waals surface area contributed by atoms with Crippen LogP contribution >= 0.6 is 11.8 Å². The number of amides is 3. The lowest BCUT2D eigenvalue weighted by molar-refractivity contribution is -0.142. The quantitative estimate of drug-likeness (QED) is 0.150. The molecule has 0 radical (unpaired) electrons. The molecule has 0 aliphatic heterocycles. The summed E-state index contributed by atoms with van der Waals surface area (Å²) >= 11 is 1.53. The highest BCUT2D eigenvalue weighted by Gasteiger charge is 2.31. The highest BCUT2D eigenvalue weighted by atomic mass is 32.2. The van der Waals surface area contributed by atoms with E-state index < -0.39 is 47.9 Å². The molecule has 0 aliphatic carbocycles. The average Bonchev–Trinajstić information content (AvgIpc) is 2.89. The van der Waals surface area contributed by atoms with Crippen LogP contribution in [-0.4, -0.2) is 71.5 Å². The first kappa shape index (κ1) is 32.4. The van der Waals surface area contributed by atoms with Crippen molar-refractivity contribution in [2.45, 2.75) is 76.5 Å². The van der Waals surface area contributed by atoms with Crippen molar-refractivity contribution in [2.24, 2.45) is 17.4 Å². The van der Waals surface area contributed by atoms with Gasteiger partial charge in [0.2, 0.25) is 17.7 Å². The van der Waals surface area contributed by atoms with Crippen LogP contribution in [0.2, 0.25) is 0 Å². The summed E-state index contributed by atoms with van der Waals surface area (Å²) < 4.78 is 0. The van der Waals surface area contributed by atoms with Gasteiger partial charge in [0, 0.05) is 6.42 Å². The predicted octanol–water partition coefficient (Wildman–Crippen LogP) is 1.02. The van der Waals surface area contributed by atoms with E-state index in [1.165, 1.54) is 11.8 Å². The van der Waals surface area contributed by atoms with Crippen molar-refractivity contribution in [1.29, 1.82) is 0 Å². The molecule has 10 nitrogen and oxygen atoms in total. The molecular formula is C26H43N5O5S. The lowest BCUT2D eigenvalue weighted by Crippen LogP contribution is -2.58. The van der Waals surface area contributed by atoms with Crippen LogP contribution in [0.5, 0.6) is 0 Å². The number of unbranched alkanes of at least 4 members (excludes halogenated alkanes) is 1. The van der Waals surface area contributed by atoms with Crippen molar-refractivity contribution in [1.82, 2.24) is 16.0 Å². The minimum atomic E-state index is -1.15. The third-order valence-corrected chi connectivity index (χ3v) is 6.92. The third kappa shape index (κ3) is 12.0. The van der Waals surface area contributed by atoms with E-state index in [4.69, 9.17) is 11.5 Å². The van der Waals surface area contributed by atoms with E-state index in [0.717, 1.165) is 5.56 Å². The molecule has 37 heavy (non-hydrogen) atoms. The van der Waals surface area contributed by atoms with Gasteiger partial charge in [0.15, 0.2) is 0 Å². The minimum absolute atomic E-state index is 0.0620. The average molecular weight is 538 g/mol. The maximum absolute atomic E-state index is 13.3. The molecule has 1 rings (SSSR count). The van der Waals surface area contributed by atoms with E-state index in [1.54, 1.807) is 0 Å². The van der Waals surface area contributed by atoms with Crippen LogP contribution in [0.3, 0.4) is 0 Å². The molecule has 0 bridgehead atoms. The molecule has 11 heteroatoms. The molecule has 0 heterocycles. The Balaban J connectivity index is 3.08. The Morgan fingerprint density at radius 1 is 0.919 bits per heavy atom. The summed E-state index contributed by atoms with van der Waals surface area (Å²) in [6.45, 7) is 4.23. The summed E-state index contributed by atoms with van der Waals surface area (Å²) in [6, 6.07) is 5.32. The summed E-state index contributed by atoms with van der Waals surface area (Å²) in [5.41, 5.74) is 12.3. The monoisotopic (exact) mass is 537 g/mol. The number of carboxylic acid groups (broad SMARTS) is 1. The number of carboxylic acids is 1. The normalized spacial score (nSPS) is 15.1. The van der Waals surface area contributed by atoms with E-state index in [0.29, 0.717) is 38.0 Å². The molecule has 0 aliphatic rings. The van der Waals surface area contributed by atoms with Gasteiger partial charge in [0.05, 0.1) is 6.04 Å². The first-order chi connectivity index (χ1) is 17.6. The number of nitrogens with one attached hydrogen (secondary N) is 3. The fourth-order valence-electron chi connectivity index (χ4n) is 3.64. The summed E-state index contributed by atoms with van der Waals surface area (Å²) in [6.07, 6.45) is 4.52. The van der Waals surface area contributed by atoms with Gasteiger partial charge in [-0.3, -0.25) is 14.4 Å². The number of carbonyl (C=O) groups is 4. The maximum atomic E-state index is 13.3. The van der Waals surface area contributed by atoms with Crippen molar-refractivity contribution in [3.63, 3.8) is 0 Å². The van der Waals surface area contributed by atoms with Crippen LogP contribution in [0.4, 0.5) is 0 Å². The van der Waals surface area contributed by atoms with E-state index in [1.807, 2.05) is 50.4 Å². The molecule has 0 aromatic heterocycles. The molecule has 0 saturated carbocycles. The van der Waals surface area contributed by atoms with Gasteiger partial charge in [0.1, 0.15) is 18.1 Å². The zero-order chi connectivity index (χ0) is 27.8. The molecule has 0 spiro atoms. The van der Waals surface area contributed by atoms with E-state index in [2.05, 4.69) is 16.0 Å². The Morgan fingerprint density at radius 2 is 1.51 bits per heavy atom. The molecule has 0 saturated heterocycles. The number of carbonyl (C=O) groups excluding carboxylic acids is 3. The number of nitrogens with two attached hydrogens (primary N) is 2. The highest BCUT2D eigenvalue weighted by molar-refractivity contribution is 7.98. The summed E-state index contributed by atoms with van der Waals surface area (Å²) in [4.78, 5) is 50.9. The first-order valence-electron chi connectivity index (χ1n) is 12.8. The van der Waals surface area contributed by atoms with Crippen LogP contribution < -0.4 is 27.4 Å². The van der Waals surface area contributed by atoms with Crippen molar-refractivity contribution in [2.75, 3.05) is 18.6 Å². The van der Waals surface area contributed by atoms with Crippen molar-refractivity contribution in [3.8, 4) is 0 Å². The van der Waals surface area contributed by atoms with Gasteiger partial charge in [-0.05, 0) is 55.7 Å². The molecule has 8 N–H and O–H groups in total. The first-order valence-corrected chi connectivity index (χ1v) is 14.2. The molecule has 5 atom stereocenters. The Labute approximate surface area is 224 Å². The number of aliphatic carboxylic acids is 1. The van der Waals surface area contributed by atoms with Crippen LogP contribution in [0, 0.1) is 5.92 Å². The SMILES string of the molecule is CCC(C)C(N)C(=O)NC(CCSC)C(=O)NC(Cc1ccccc1)C(=O)NC(CCCCN)C(=O)O. The molecule has 3 amide bonds. The van der Waals surface area contributed by atoms with Crippen LogP contribution in [0.15, 0.2) is 30.3 Å². The Kier molecular flexibility index (Phi) is 15.6. The smallest absolute Gasteiger partial charge is 0.326 e. The molecule has 0 fully saturated rings. The van der Waals surface area contributed by atoms with E-state index in [9.17, 15) is 24.3 Å². The number of benzene rings is 1. The standard InChI is InChI=1S/C26H43N5O5S/c1-4-17(2)22(28)25(34)29-19(13-15-37-3)23(32)31-21(16-18-10-6-5-7-11-18)24(33)30-20(26(35)36)12-8-9-14-27/h5-7,10-11,17,19-22H,4,8-9,12-16,27-28H2,1-3H3,(H,29,34)(H,30,33)(H,31,32)(H,35,36). The second-order valence-corrected chi connectivity index (χ2v) is 10.2. The van der Waals surface area contributed by atoms with Crippen molar-refractivity contribution in [3.05, 3.63) is 35.9 Å². The molecular weight excluding hydrogens is 494 g/mol. The number of rotatable bonds is 18. The zero-order valence-electron chi connectivity index (χ0n) is 22.1. The lowest BCUT2D eigenvalue weighted by atomic mass is 9.99. The molecule has 1 aromatic carbocycles. The Bertz CT molecular complexity index is 857. The molecule has 1 aromatic rings. The maximum Gasteiger partial charge on any atom is 0.326 e. The zero-order valence-corrected chi connectivity index (χ0v) is 22.9. The Hall–Kier alpha value is -2.63. The lowest BCUT2D eigenvalue weighted by Gasteiger charge is -2.26. The van der Waals surface area contributed by atoms with Gasteiger partial charge in [-0.25, -0.2) is 4.79 Å². The van der Waals surface area contributed by atoms with Gasteiger partial charge in [-0.1, -0.05) is 50.6 Å². The van der Waals surface area contributed by atoms with Gasteiger partial charge in [-0.2, -0.15) is 11.8 Å². The van der Waals surface area contributed by atoms with Gasteiger partial charge in [-0.15, -0.1) is 0 Å². The second kappa shape index (κ2) is 17.8. The fraction of sp³-hybridized carbons (Fsp3) is 0.615. The van der Waals surface area contributed by atoms with E-state index >= 15 is 0 Å². The van der Waals surface area contributed by atoms with Crippen molar-refractivity contribution < 1.29 is 24.3 Å². The Morgan fingerprint density at radius 3 is 2.08 bits per heavy atom. The molecule has 208 valence electrons. The van der Waals surface area contributed by atoms with Gasteiger partial charge in [0.25, 0.3) is 0 Å². The number of hydrogen-bond acceptors (Lipinski definition) is 7. The minimum Gasteiger partial charge on any atom is -0.480 e. The van der Waals surface area contributed by atoms with Crippen molar-refractivity contribution >= 4 is 35.5 Å². The topological polar surface area (TPSA) is 177 Å². The summed E-state index contributed by atoms with van der Waals surface area (Å²) in [5, 5.41) is 17.6. The highest BCUT2D eigenvalue weighted by Crippen LogP contribution is 2.10. The van der Waals surface area contributed by atoms with Gasteiger partial charge >= 0.3 is 5.97 Å². The second-order valence-electron chi connectivity index (χ2n) is 9.19. The third-order valence-electron chi connectivity index (χ3n) is 6.28. The number of thioether (sulfide) groups is 1. The summed E-state index contributed by atoms with van der Waals surface area (Å²) in [7, 11) is 0. The van der Waals surface area contributed by atoms with Crippen LogP contribution in [0.25, 0.3) is 0 Å².